The molecule has 1 amide bonds. The van der Waals surface area contributed by atoms with Crippen LogP contribution in [0.3, 0.4) is 0 Å². The summed E-state index contributed by atoms with van der Waals surface area (Å²) in [5.74, 6) is 0.849. The quantitative estimate of drug-likeness (QED) is 0.917. The third kappa shape index (κ3) is 4.23. The van der Waals surface area contributed by atoms with Crippen LogP contribution in [0.2, 0.25) is 0 Å². The Hall–Kier alpha value is -2.14. The van der Waals surface area contributed by atoms with Gasteiger partial charge in [0.2, 0.25) is 5.91 Å². The molecule has 1 aliphatic heterocycles. The largest absolute Gasteiger partial charge is 0.364 e. The fourth-order valence-corrected chi connectivity index (χ4v) is 3.66. The second kappa shape index (κ2) is 7.62. The molecular formula is C19H25N3O2. The zero-order valence-electron chi connectivity index (χ0n) is 14.3. The highest BCUT2D eigenvalue weighted by molar-refractivity contribution is 5.78. The Bertz CT molecular complexity index is 630. The number of aromatic nitrogens is 1. The van der Waals surface area contributed by atoms with Crippen molar-refractivity contribution in [3.8, 4) is 0 Å². The number of hydrogen-bond donors (Lipinski definition) is 1. The molecule has 24 heavy (non-hydrogen) atoms. The number of benzene rings is 1. The number of nitrogens with one attached hydrogen (secondary N) is 1. The Morgan fingerprint density at radius 3 is 2.54 bits per heavy atom. The zero-order chi connectivity index (χ0) is 16.9. The summed E-state index contributed by atoms with van der Waals surface area (Å²) >= 11 is 0. The van der Waals surface area contributed by atoms with Gasteiger partial charge < -0.3 is 9.84 Å². The minimum atomic E-state index is 0.0177. The Balaban J connectivity index is 1.54. The molecule has 1 saturated heterocycles. The van der Waals surface area contributed by atoms with Crippen molar-refractivity contribution in [1.82, 2.24) is 15.4 Å². The Kier molecular flexibility index (Phi) is 5.30. The predicted molar refractivity (Wildman–Crippen MR) is 92.2 cm³/mol. The van der Waals surface area contributed by atoms with Crippen molar-refractivity contribution in [2.24, 2.45) is 11.8 Å². The normalized spacial score (nSPS) is 24.7. The molecule has 2 heterocycles. The molecule has 1 aliphatic rings. The molecule has 2 unspecified atom stereocenters. The summed E-state index contributed by atoms with van der Waals surface area (Å²) in [5.41, 5.74) is 2.01. The maximum Gasteiger partial charge on any atom is 0.226 e. The van der Waals surface area contributed by atoms with E-state index in [1.54, 1.807) is 6.07 Å². The smallest absolute Gasteiger partial charge is 0.226 e. The standard InChI is InChI=1S/C19H25N3O2/c1-14-11-22(13-16-6-4-3-5-7-16)12-15(2)19(14)20-18(23)10-17-8-9-24-21-17/h3-9,14-15,19H,10-13H2,1-2H3,(H,20,23). The molecule has 1 aromatic heterocycles. The number of piperidine rings is 1. The van der Waals surface area contributed by atoms with E-state index in [1.165, 1.54) is 11.8 Å². The lowest BCUT2D eigenvalue weighted by Crippen LogP contribution is -2.54. The Labute approximate surface area is 143 Å². The number of nitrogens with zero attached hydrogens (tertiary/aromatic N) is 2. The average Bonchev–Trinajstić information content (AvgIpc) is 3.05. The summed E-state index contributed by atoms with van der Waals surface area (Å²) in [6, 6.07) is 12.5. The van der Waals surface area contributed by atoms with Crippen molar-refractivity contribution < 1.29 is 9.32 Å². The van der Waals surface area contributed by atoms with Gasteiger partial charge in [-0.3, -0.25) is 9.69 Å². The number of amides is 1. The maximum atomic E-state index is 12.2. The van der Waals surface area contributed by atoms with Gasteiger partial charge in [0.15, 0.2) is 0 Å². The summed E-state index contributed by atoms with van der Waals surface area (Å²) in [6.07, 6.45) is 1.77. The van der Waals surface area contributed by atoms with Crippen molar-refractivity contribution in [2.75, 3.05) is 13.1 Å². The molecule has 0 spiro atoms. The van der Waals surface area contributed by atoms with Crippen LogP contribution in [-0.2, 0) is 17.8 Å². The highest BCUT2D eigenvalue weighted by atomic mass is 16.5. The minimum absolute atomic E-state index is 0.0177. The van der Waals surface area contributed by atoms with Crippen LogP contribution in [0.15, 0.2) is 47.2 Å². The number of carbonyl (C=O) groups excluding carboxylic acids is 1. The predicted octanol–water partition coefficient (Wildman–Crippen LogP) is 2.49. The van der Waals surface area contributed by atoms with Crippen LogP contribution in [0, 0.1) is 11.8 Å². The second-order valence-electron chi connectivity index (χ2n) is 6.90. The van der Waals surface area contributed by atoms with Crippen molar-refractivity contribution >= 4 is 5.91 Å². The van der Waals surface area contributed by atoms with E-state index in [4.69, 9.17) is 4.52 Å². The van der Waals surface area contributed by atoms with Gasteiger partial charge in [-0.15, -0.1) is 0 Å². The summed E-state index contributed by atoms with van der Waals surface area (Å²) in [6.45, 7) is 7.39. The maximum absolute atomic E-state index is 12.2. The van der Waals surface area contributed by atoms with E-state index >= 15 is 0 Å². The molecule has 2 aromatic rings. The Morgan fingerprint density at radius 1 is 1.21 bits per heavy atom. The van der Waals surface area contributed by atoms with E-state index < -0.39 is 0 Å². The monoisotopic (exact) mass is 327 g/mol. The molecule has 1 N–H and O–H groups in total. The molecule has 5 nitrogen and oxygen atoms in total. The first-order valence-corrected chi connectivity index (χ1v) is 8.56. The molecule has 0 bridgehead atoms. The molecule has 0 aliphatic carbocycles. The molecule has 3 rings (SSSR count). The topological polar surface area (TPSA) is 58.4 Å². The zero-order valence-corrected chi connectivity index (χ0v) is 14.3. The molecule has 1 aromatic carbocycles. The summed E-state index contributed by atoms with van der Waals surface area (Å²) in [5, 5.41) is 7.00. The number of likely N-dealkylation sites (tertiary alicyclic amines) is 1. The van der Waals surface area contributed by atoms with Gasteiger partial charge in [-0.2, -0.15) is 0 Å². The lowest BCUT2D eigenvalue weighted by molar-refractivity contribution is -0.122. The van der Waals surface area contributed by atoms with Crippen LogP contribution in [-0.4, -0.2) is 35.1 Å². The molecular weight excluding hydrogens is 302 g/mol. The van der Waals surface area contributed by atoms with Gasteiger partial charge in [0, 0.05) is 31.7 Å². The Morgan fingerprint density at radius 2 is 1.92 bits per heavy atom. The third-order valence-corrected chi connectivity index (χ3v) is 4.73. The van der Waals surface area contributed by atoms with E-state index in [0.717, 1.165) is 19.6 Å². The molecule has 0 radical (unpaired) electrons. The highest BCUT2D eigenvalue weighted by Crippen LogP contribution is 2.23. The molecule has 128 valence electrons. The van der Waals surface area contributed by atoms with E-state index in [2.05, 4.69) is 53.5 Å². The van der Waals surface area contributed by atoms with Gasteiger partial charge in [-0.25, -0.2) is 0 Å². The summed E-state index contributed by atoms with van der Waals surface area (Å²) in [4.78, 5) is 14.7. The van der Waals surface area contributed by atoms with E-state index in [-0.39, 0.29) is 18.4 Å². The van der Waals surface area contributed by atoms with E-state index in [1.807, 2.05) is 6.07 Å². The van der Waals surface area contributed by atoms with Crippen molar-refractivity contribution in [3.05, 3.63) is 53.9 Å². The fourth-order valence-electron chi connectivity index (χ4n) is 3.66. The van der Waals surface area contributed by atoms with E-state index in [9.17, 15) is 4.79 Å². The van der Waals surface area contributed by atoms with Crippen LogP contribution in [0.4, 0.5) is 0 Å². The van der Waals surface area contributed by atoms with Gasteiger partial charge >= 0.3 is 0 Å². The minimum Gasteiger partial charge on any atom is -0.364 e. The summed E-state index contributed by atoms with van der Waals surface area (Å²) in [7, 11) is 0. The first-order valence-electron chi connectivity index (χ1n) is 8.56. The first kappa shape index (κ1) is 16.7. The molecule has 5 heteroatoms. The average molecular weight is 327 g/mol. The fraction of sp³-hybridized carbons (Fsp3) is 0.474. The van der Waals surface area contributed by atoms with Crippen LogP contribution in [0.25, 0.3) is 0 Å². The van der Waals surface area contributed by atoms with E-state index in [0.29, 0.717) is 17.5 Å². The van der Waals surface area contributed by atoms with Crippen molar-refractivity contribution in [3.63, 3.8) is 0 Å². The SMILES string of the molecule is CC1CN(Cc2ccccc2)CC(C)C1NC(=O)Cc1ccon1. The highest BCUT2D eigenvalue weighted by Gasteiger charge is 2.32. The van der Waals surface area contributed by atoms with Crippen LogP contribution in [0.5, 0.6) is 0 Å². The van der Waals surface area contributed by atoms with Crippen molar-refractivity contribution in [1.29, 1.82) is 0 Å². The van der Waals surface area contributed by atoms with Gasteiger partial charge in [0.05, 0.1) is 12.1 Å². The summed E-state index contributed by atoms with van der Waals surface area (Å²) < 4.78 is 4.78. The molecule has 1 fully saturated rings. The lowest BCUT2D eigenvalue weighted by Gasteiger charge is -2.41. The van der Waals surface area contributed by atoms with Gasteiger partial charge in [-0.1, -0.05) is 49.3 Å². The lowest BCUT2D eigenvalue weighted by atomic mass is 9.85. The number of rotatable bonds is 5. The number of hydrogen-bond acceptors (Lipinski definition) is 4. The van der Waals surface area contributed by atoms with Gasteiger partial charge in [-0.05, 0) is 17.4 Å². The third-order valence-electron chi connectivity index (χ3n) is 4.73. The molecule has 0 saturated carbocycles. The van der Waals surface area contributed by atoms with Crippen LogP contribution >= 0.6 is 0 Å². The van der Waals surface area contributed by atoms with Gasteiger partial charge in [0.25, 0.3) is 0 Å². The second-order valence-corrected chi connectivity index (χ2v) is 6.90. The van der Waals surface area contributed by atoms with Crippen LogP contribution in [0.1, 0.15) is 25.1 Å². The molecule has 2 atom stereocenters. The van der Waals surface area contributed by atoms with Crippen molar-refractivity contribution in [2.45, 2.75) is 32.9 Å². The number of carbonyl (C=O) groups is 1. The van der Waals surface area contributed by atoms with Crippen LogP contribution < -0.4 is 5.32 Å². The van der Waals surface area contributed by atoms with Gasteiger partial charge in [0.1, 0.15) is 6.26 Å². The first-order chi connectivity index (χ1) is 11.6.